The summed E-state index contributed by atoms with van der Waals surface area (Å²) in [6.07, 6.45) is 2.46. The second-order valence-electron chi connectivity index (χ2n) is 4.35. The van der Waals surface area contributed by atoms with Crippen molar-refractivity contribution < 1.29 is 13.9 Å². The average Bonchev–Trinajstić information content (AvgIpc) is 2.98. The second kappa shape index (κ2) is 8.42. The highest BCUT2D eigenvalue weighted by molar-refractivity contribution is 5.91. The number of nitrogens with two attached hydrogens (primary N) is 1. The van der Waals surface area contributed by atoms with Crippen molar-refractivity contribution in [3.05, 3.63) is 36.7 Å². The van der Waals surface area contributed by atoms with Crippen LogP contribution in [0.5, 0.6) is 0 Å². The van der Waals surface area contributed by atoms with Gasteiger partial charge in [0.05, 0.1) is 12.5 Å². The van der Waals surface area contributed by atoms with E-state index >= 15 is 0 Å². The topological polar surface area (TPSA) is 95.1 Å². The van der Waals surface area contributed by atoms with Crippen LogP contribution in [0.3, 0.4) is 0 Å². The molecule has 120 valence electrons. The van der Waals surface area contributed by atoms with Gasteiger partial charge in [-0.3, -0.25) is 4.79 Å². The maximum Gasteiger partial charge on any atom is 0.227 e. The zero-order valence-corrected chi connectivity index (χ0v) is 12.7. The van der Waals surface area contributed by atoms with Gasteiger partial charge in [-0.2, -0.15) is 5.10 Å². The zero-order valence-electron chi connectivity index (χ0n) is 11.9. The molecule has 7 nitrogen and oxygen atoms in total. The van der Waals surface area contributed by atoms with E-state index in [0.717, 1.165) is 0 Å². The number of nitrogens with one attached hydrogen (secondary N) is 1. The monoisotopic (exact) mass is 329 g/mol. The van der Waals surface area contributed by atoms with Crippen molar-refractivity contribution in [3.63, 3.8) is 0 Å². The van der Waals surface area contributed by atoms with Crippen molar-refractivity contribution in [2.24, 2.45) is 5.73 Å². The van der Waals surface area contributed by atoms with Gasteiger partial charge in [-0.05, 0) is 18.2 Å². The Morgan fingerprint density at radius 2 is 2.32 bits per heavy atom. The maximum atomic E-state index is 14.0. The van der Waals surface area contributed by atoms with E-state index in [9.17, 15) is 9.18 Å². The van der Waals surface area contributed by atoms with E-state index in [0.29, 0.717) is 5.69 Å². The molecule has 0 bridgehead atoms. The number of hydrogen-bond acceptors (Lipinski definition) is 5. The molecular formula is C13H17ClFN5O2. The van der Waals surface area contributed by atoms with Crippen molar-refractivity contribution in [3.8, 4) is 5.69 Å². The Labute approximate surface area is 133 Å². The number of aromatic nitrogens is 3. The Morgan fingerprint density at radius 3 is 2.86 bits per heavy atom. The minimum atomic E-state index is -0.514. The fourth-order valence-electron chi connectivity index (χ4n) is 1.78. The number of ether oxygens (including phenoxy) is 1. The number of hydrogen-bond donors (Lipinski definition) is 2. The highest BCUT2D eigenvalue weighted by Crippen LogP contribution is 2.17. The van der Waals surface area contributed by atoms with E-state index in [4.69, 9.17) is 10.5 Å². The molecule has 0 aliphatic heterocycles. The van der Waals surface area contributed by atoms with Crippen LogP contribution < -0.4 is 11.1 Å². The highest BCUT2D eigenvalue weighted by atomic mass is 35.5. The lowest BCUT2D eigenvalue weighted by Gasteiger charge is -2.13. The fraction of sp³-hybridized carbons (Fsp3) is 0.308. The number of nitrogens with zero attached hydrogens (tertiary/aromatic N) is 3. The van der Waals surface area contributed by atoms with Crippen LogP contribution in [0.1, 0.15) is 6.42 Å². The number of anilines is 1. The van der Waals surface area contributed by atoms with Crippen molar-refractivity contribution in [2.75, 3.05) is 19.0 Å². The first kappa shape index (κ1) is 18.0. The van der Waals surface area contributed by atoms with Gasteiger partial charge in [0.15, 0.2) is 5.82 Å². The molecule has 0 aliphatic carbocycles. The third-order valence-electron chi connectivity index (χ3n) is 2.91. The Balaban J connectivity index is 0.00000242. The predicted octanol–water partition coefficient (Wildman–Crippen LogP) is 1.13. The van der Waals surface area contributed by atoms with Crippen molar-refractivity contribution in [1.29, 1.82) is 0 Å². The molecule has 22 heavy (non-hydrogen) atoms. The van der Waals surface area contributed by atoms with Crippen LogP contribution >= 0.6 is 12.4 Å². The average molecular weight is 330 g/mol. The van der Waals surface area contributed by atoms with E-state index in [2.05, 4.69) is 15.4 Å². The summed E-state index contributed by atoms with van der Waals surface area (Å²) in [5, 5.41) is 6.44. The largest absolute Gasteiger partial charge is 0.380 e. The van der Waals surface area contributed by atoms with Crippen LogP contribution in [0.15, 0.2) is 30.9 Å². The van der Waals surface area contributed by atoms with Crippen LogP contribution in [0.2, 0.25) is 0 Å². The fourth-order valence-corrected chi connectivity index (χ4v) is 1.78. The number of amides is 1. The molecule has 0 aliphatic rings. The maximum absolute atomic E-state index is 14.0. The summed E-state index contributed by atoms with van der Waals surface area (Å²) in [5.74, 6) is -0.805. The normalized spacial score (nSPS) is 11.6. The van der Waals surface area contributed by atoms with Crippen molar-refractivity contribution in [1.82, 2.24) is 14.8 Å². The molecule has 1 aromatic carbocycles. The van der Waals surface area contributed by atoms with E-state index in [1.807, 2.05) is 0 Å². The number of benzene rings is 1. The van der Waals surface area contributed by atoms with Gasteiger partial charge in [-0.15, -0.1) is 12.4 Å². The Morgan fingerprint density at radius 1 is 1.55 bits per heavy atom. The standard InChI is InChI=1S/C13H16FN5O2.ClH/c1-21-10(6-15)5-13(20)18-9-2-3-12(11(14)4-9)19-8-16-7-17-19;/h2-4,7-8,10H,5-6,15H2,1H3,(H,18,20);1H. The van der Waals surface area contributed by atoms with Gasteiger partial charge < -0.3 is 15.8 Å². The van der Waals surface area contributed by atoms with Gasteiger partial charge in [0.1, 0.15) is 18.3 Å². The van der Waals surface area contributed by atoms with E-state index in [-0.39, 0.29) is 43.1 Å². The molecule has 2 rings (SSSR count). The Hall–Kier alpha value is -2.03. The second-order valence-corrected chi connectivity index (χ2v) is 4.35. The number of carbonyl (C=O) groups is 1. The molecule has 1 heterocycles. The van der Waals surface area contributed by atoms with Crippen LogP contribution in [0.25, 0.3) is 5.69 Å². The van der Waals surface area contributed by atoms with Gasteiger partial charge in [0.2, 0.25) is 5.91 Å². The molecule has 0 spiro atoms. The summed E-state index contributed by atoms with van der Waals surface area (Å²) in [6.45, 7) is 0.240. The first-order valence-corrected chi connectivity index (χ1v) is 6.31. The molecule has 0 radical (unpaired) electrons. The number of halogens is 2. The Kier molecular flexibility index (Phi) is 6.90. The van der Waals surface area contributed by atoms with E-state index in [1.54, 1.807) is 6.07 Å². The molecule has 0 fully saturated rings. The molecular weight excluding hydrogens is 313 g/mol. The lowest BCUT2D eigenvalue weighted by molar-refractivity contribution is -0.118. The summed E-state index contributed by atoms with van der Waals surface area (Å²) in [4.78, 5) is 15.5. The molecule has 1 atom stereocenters. The minimum absolute atomic E-state index is 0. The lowest BCUT2D eigenvalue weighted by atomic mass is 10.2. The summed E-state index contributed by atoms with van der Waals surface area (Å²) < 4.78 is 20.3. The van der Waals surface area contributed by atoms with Gasteiger partial charge >= 0.3 is 0 Å². The minimum Gasteiger partial charge on any atom is -0.380 e. The summed E-state index contributed by atoms with van der Waals surface area (Å²) in [5.41, 5.74) is 6.05. The van der Waals surface area contributed by atoms with Gasteiger partial charge in [-0.25, -0.2) is 14.1 Å². The van der Waals surface area contributed by atoms with Crippen LogP contribution in [0, 0.1) is 5.82 Å². The molecule has 9 heteroatoms. The smallest absolute Gasteiger partial charge is 0.227 e. The van der Waals surface area contributed by atoms with Crippen LogP contribution in [-0.2, 0) is 9.53 Å². The molecule has 3 N–H and O–H groups in total. The SMILES string of the molecule is COC(CN)CC(=O)Nc1ccc(-n2cncn2)c(F)c1.Cl. The van der Waals surface area contributed by atoms with Crippen molar-refractivity contribution in [2.45, 2.75) is 12.5 Å². The first-order chi connectivity index (χ1) is 10.1. The Bertz CT molecular complexity index is 604. The predicted molar refractivity (Wildman–Crippen MR) is 81.7 cm³/mol. The van der Waals surface area contributed by atoms with Gasteiger partial charge in [-0.1, -0.05) is 0 Å². The summed E-state index contributed by atoms with van der Waals surface area (Å²) in [7, 11) is 1.48. The highest BCUT2D eigenvalue weighted by Gasteiger charge is 2.13. The lowest BCUT2D eigenvalue weighted by Crippen LogP contribution is -2.28. The summed E-state index contributed by atoms with van der Waals surface area (Å²) in [6, 6.07) is 4.32. The zero-order chi connectivity index (χ0) is 15.2. The number of methoxy groups -OCH3 is 1. The third kappa shape index (κ3) is 4.48. The van der Waals surface area contributed by atoms with Crippen LogP contribution in [-0.4, -0.2) is 40.4 Å². The van der Waals surface area contributed by atoms with Gasteiger partial charge in [0, 0.05) is 19.3 Å². The number of rotatable bonds is 6. The first-order valence-electron chi connectivity index (χ1n) is 6.31. The third-order valence-corrected chi connectivity index (χ3v) is 2.91. The molecule has 0 saturated heterocycles. The molecule has 1 aromatic heterocycles. The quantitative estimate of drug-likeness (QED) is 0.828. The summed E-state index contributed by atoms with van der Waals surface area (Å²) >= 11 is 0. The van der Waals surface area contributed by atoms with Crippen LogP contribution in [0.4, 0.5) is 10.1 Å². The molecule has 1 unspecified atom stereocenters. The molecule has 1 amide bonds. The molecule has 0 saturated carbocycles. The molecule has 2 aromatic rings. The van der Waals surface area contributed by atoms with E-state index < -0.39 is 5.82 Å². The van der Waals surface area contributed by atoms with E-state index in [1.165, 1.54) is 36.6 Å². The number of carbonyl (C=O) groups excluding carboxylic acids is 1. The van der Waals surface area contributed by atoms with Crippen molar-refractivity contribution >= 4 is 24.0 Å². The van der Waals surface area contributed by atoms with Gasteiger partial charge in [0.25, 0.3) is 0 Å².